The minimum atomic E-state index is 0.440. The molecule has 0 saturated heterocycles. The van der Waals surface area contributed by atoms with Crippen LogP contribution in [0.4, 0.5) is 0 Å². The lowest BCUT2D eigenvalue weighted by Gasteiger charge is -1.95. The average Bonchev–Trinajstić information content (AvgIpc) is 2.75. The summed E-state index contributed by atoms with van der Waals surface area (Å²) in [5.41, 5.74) is 0.793. The molecule has 0 fully saturated rings. The normalized spacial score (nSPS) is 10.5. The van der Waals surface area contributed by atoms with Crippen LogP contribution in [0, 0.1) is 0 Å². The van der Waals surface area contributed by atoms with Crippen LogP contribution in [0.2, 0.25) is 5.02 Å². The van der Waals surface area contributed by atoms with Gasteiger partial charge in [0.25, 0.3) is 5.22 Å². The van der Waals surface area contributed by atoms with Crippen LogP contribution in [-0.4, -0.2) is 16.0 Å². The van der Waals surface area contributed by atoms with Gasteiger partial charge in [0.15, 0.2) is 0 Å². The van der Waals surface area contributed by atoms with Crippen molar-refractivity contribution < 1.29 is 4.42 Å². The second-order valence-corrected chi connectivity index (χ2v) is 5.09. The lowest BCUT2D eigenvalue weighted by Crippen LogP contribution is -1.77. The van der Waals surface area contributed by atoms with Crippen molar-refractivity contribution in [3.8, 4) is 11.5 Å². The SMILES string of the molecule is C=C(Cl)CSc1nnc(-c2cccc(Cl)c2)o1. The number of benzene rings is 1. The molecule has 88 valence electrons. The van der Waals surface area contributed by atoms with Gasteiger partial charge in [-0.15, -0.1) is 10.2 Å². The highest BCUT2D eigenvalue weighted by Gasteiger charge is 2.09. The van der Waals surface area contributed by atoms with Crippen LogP contribution >= 0.6 is 35.0 Å². The van der Waals surface area contributed by atoms with E-state index in [2.05, 4.69) is 16.8 Å². The van der Waals surface area contributed by atoms with Crippen LogP contribution in [0.1, 0.15) is 0 Å². The maximum atomic E-state index is 5.88. The number of rotatable bonds is 4. The predicted molar refractivity (Wildman–Crippen MR) is 70.5 cm³/mol. The summed E-state index contributed by atoms with van der Waals surface area (Å²) < 4.78 is 5.46. The Balaban J connectivity index is 2.15. The van der Waals surface area contributed by atoms with Crippen molar-refractivity contribution in [1.82, 2.24) is 10.2 Å². The highest BCUT2D eigenvalue weighted by molar-refractivity contribution is 7.99. The van der Waals surface area contributed by atoms with Gasteiger partial charge in [-0.05, 0) is 18.2 Å². The van der Waals surface area contributed by atoms with Gasteiger partial charge in [-0.3, -0.25) is 0 Å². The van der Waals surface area contributed by atoms with Crippen LogP contribution in [0.5, 0.6) is 0 Å². The molecule has 0 aliphatic heterocycles. The van der Waals surface area contributed by atoms with Crippen molar-refractivity contribution in [2.24, 2.45) is 0 Å². The molecule has 2 rings (SSSR count). The second kappa shape index (κ2) is 5.58. The van der Waals surface area contributed by atoms with Gasteiger partial charge in [-0.2, -0.15) is 0 Å². The van der Waals surface area contributed by atoms with E-state index in [1.54, 1.807) is 12.1 Å². The zero-order valence-electron chi connectivity index (χ0n) is 8.69. The van der Waals surface area contributed by atoms with E-state index in [-0.39, 0.29) is 0 Å². The van der Waals surface area contributed by atoms with Crippen molar-refractivity contribution in [2.75, 3.05) is 5.75 Å². The summed E-state index contributed by atoms with van der Waals surface area (Å²) in [6.45, 7) is 3.58. The average molecular weight is 287 g/mol. The van der Waals surface area contributed by atoms with Crippen molar-refractivity contribution in [2.45, 2.75) is 5.22 Å². The Morgan fingerprint density at radius 1 is 1.41 bits per heavy atom. The molecule has 0 bridgehead atoms. The Labute approximate surface area is 113 Å². The first-order valence-electron chi connectivity index (χ1n) is 4.70. The molecule has 1 aromatic carbocycles. The number of hydrogen-bond acceptors (Lipinski definition) is 4. The van der Waals surface area contributed by atoms with Gasteiger partial charge in [0.1, 0.15) is 0 Å². The molecule has 6 heteroatoms. The van der Waals surface area contributed by atoms with Gasteiger partial charge in [0.2, 0.25) is 5.89 Å². The third kappa shape index (κ3) is 3.49. The summed E-state index contributed by atoms with van der Waals surface area (Å²) in [5, 5.41) is 9.46. The van der Waals surface area contributed by atoms with Crippen molar-refractivity contribution >= 4 is 35.0 Å². The molecule has 0 N–H and O–H groups in total. The topological polar surface area (TPSA) is 38.9 Å². The molecule has 0 spiro atoms. The maximum absolute atomic E-state index is 5.88. The molecule has 0 unspecified atom stereocenters. The predicted octanol–water partition coefficient (Wildman–Crippen LogP) is 4.23. The fraction of sp³-hybridized carbons (Fsp3) is 0.0909. The van der Waals surface area contributed by atoms with E-state index in [1.807, 2.05) is 12.1 Å². The molecule has 1 heterocycles. The van der Waals surface area contributed by atoms with E-state index in [4.69, 9.17) is 27.6 Å². The third-order valence-electron chi connectivity index (χ3n) is 1.83. The van der Waals surface area contributed by atoms with Crippen LogP contribution < -0.4 is 0 Å². The molecule has 17 heavy (non-hydrogen) atoms. The molecular formula is C11H8Cl2N2OS. The molecule has 0 atom stereocenters. The Bertz CT molecular complexity index is 542. The van der Waals surface area contributed by atoms with Gasteiger partial charge in [-0.25, -0.2) is 0 Å². The van der Waals surface area contributed by atoms with Gasteiger partial charge in [0.05, 0.1) is 0 Å². The number of aromatic nitrogens is 2. The van der Waals surface area contributed by atoms with Crippen LogP contribution in [0.25, 0.3) is 11.5 Å². The molecule has 0 aliphatic carbocycles. The monoisotopic (exact) mass is 286 g/mol. The Kier molecular flexibility index (Phi) is 4.10. The maximum Gasteiger partial charge on any atom is 0.277 e. The lowest BCUT2D eigenvalue weighted by atomic mass is 10.2. The summed E-state index contributed by atoms with van der Waals surface area (Å²) in [4.78, 5) is 0. The number of halogens is 2. The third-order valence-corrected chi connectivity index (χ3v) is 3.26. The molecule has 0 aliphatic rings. The summed E-state index contributed by atoms with van der Waals surface area (Å²) in [5.74, 6) is 0.980. The first-order valence-corrected chi connectivity index (χ1v) is 6.45. The number of nitrogens with zero attached hydrogens (tertiary/aromatic N) is 2. The molecule has 3 nitrogen and oxygen atoms in total. The molecule has 1 aromatic heterocycles. The minimum Gasteiger partial charge on any atom is -0.411 e. The van der Waals surface area contributed by atoms with E-state index in [0.717, 1.165) is 5.56 Å². The van der Waals surface area contributed by atoms with Gasteiger partial charge in [-0.1, -0.05) is 47.6 Å². The van der Waals surface area contributed by atoms with E-state index >= 15 is 0 Å². The van der Waals surface area contributed by atoms with E-state index in [0.29, 0.717) is 26.9 Å². The van der Waals surface area contributed by atoms with E-state index in [9.17, 15) is 0 Å². The van der Waals surface area contributed by atoms with Crippen molar-refractivity contribution in [1.29, 1.82) is 0 Å². The van der Waals surface area contributed by atoms with Crippen molar-refractivity contribution in [3.63, 3.8) is 0 Å². The fourth-order valence-corrected chi connectivity index (χ4v) is 2.02. The molecule has 0 saturated carbocycles. The fourth-order valence-electron chi connectivity index (χ4n) is 1.15. The smallest absolute Gasteiger partial charge is 0.277 e. The molecular weight excluding hydrogens is 279 g/mol. The van der Waals surface area contributed by atoms with Crippen LogP contribution in [0.15, 0.2) is 45.5 Å². The Morgan fingerprint density at radius 2 is 2.24 bits per heavy atom. The quantitative estimate of drug-likeness (QED) is 0.789. The minimum absolute atomic E-state index is 0.440. The zero-order valence-corrected chi connectivity index (χ0v) is 11.0. The zero-order chi connectivity index (χ0) is 12.3. The largest absolute Gasteiger partial charge is 0.411 e. The van der Waals surface area contributed by atoms with Crippen molar-refractivity contribution in [3.05, 3.63) is 40.9 Å². The van der Waals surface area contributed by atoms with Gasteiger partial charge in [0, 0.05) is 21.4 Å². The molecule has 0 radical (unpaired) electrons. The summed E-state index contributed by atoms with van der Waals surface area (Å²) >= 11 is 12.9. The van der Waals surface area contributed by atoms with Gasteiger partial charge < -0.3 is 4.42 Å². The first-order chi connectivity index (χ1) is 8.15. The van der Waals surface area contributed by atoms with Crippen LogP contribution in [-0.2, 0) is 0 Å². The summed E-state index contributed by atoms with van der Waals surface area (Å²) in [6, 6.07) is 7.24. The van der Waals surface area contributed by atoms with E-state index < -0.39 is 0 Å². The number of hydrogen-bond donors (Lipinski definition) is 0. The van der Waals surface area contributed by atoms with Crippen LogP contribution in [0.3, 0.4) is 0 Å². The highest BCUT2D eigenvalue weighted by Crippen LogP contribution is 2.26. The first kappa shape index (κ1) is 12.5. The molecule has 0 amide bonds. The van der Waals surface area contributed by atoms with E-state index in [1.165, 1.54) is 11.8 Å². The Morgan fingerprint density at radius 3 is 2.94 bits per heavy atom. The Hall–Kier alpha value is -0.970. The standard InChI is InChI=1S/C11H8Cl2N2OS/c1-7(12)6-17-11-15-14-10(16-11)8-3-2-4-9(13)5-8/h2-5H,1,6H2. The number of thioether (sulfide) groups is 1. The summed E-state index contributed by atoms with van der Waals surface area (Å²) in [6.07, 6.45) is 0. The van der Waals surface area contributed by atoms with Gasteiger partial charge >= 0.3 is 0 Å². The summed E-state index contributed by atoms with van der Waals surface area (Å²) in [7, 11) is 0. The second-order valence-electron chi connectivity index (χ2n) is 3.19. The molecule has 2 aromatic rings. The highest BCUT2D eigenvalue weighted by atomic mass is 35.5. The lowest BCUT2D eigenvalue weighted by molar-refractivity contribution is 0.466.